The number of urea groups is 1. The fourth-order valence-corrected chi connectivity index (χ4v) is 2.46. The highest BCUT2D eigenvalue weighted by atomic mass is 16.4. The van der Waals surface area contributed by atoms with Crippen molar-refractivity contribution < 1.29 is 19.8 Å². The van der Waals surface area contributed by atoms with E-state index in [-0.39, 0.29) is 12.5 Å². The van der Waals surface area contributed by atoms with E-state index >= 15 is 0 Å². The molecule has 5 N–H and O–H groups in total. The molecule has 3 atom stereocenters. The molecular weight excluding hydrogens is 276 g/mol. The number of nitrogens with zero attached hydrogens (tertiary/aromatic N) is 1. The third-order valence-corrected chi connectivity index (χ3v) is 3.63. The second kappa shape index (κ2) is 7.07. The van der Waals surface area contributed by atoms with Gasteiger partial charge in [-0.05, 0) is 12.8 Å². The van der Waals surface area contributed by atoms with Crippen LogP contribution < -0.4 is 10.6 Å². The molecule has 1 aliphatic rings. The normalized spacial score (nSPS) is 23.3. The average Bonchev–Trinajstić information content (AvgIpc) is 2.93. The Balaban J connectivity index is 1.87. The zero-order valence-corrected chi connectivity index (χ0v) is 11.6. The van der Waals surface area contributed by atoms with Crippen molar-refractivity contribution >= 4 is 12.0 Å². The van der Waals surface area contributed by atoms with E-state index in [1.54, 1.807) is 0 Å². The van der Waals surface area contributed by atoms with Crippen molar-refractivity contribution in [1.82, 2.24) is 20.6 Å². The number of rotatable bonds is 5. The van der Waals surface area contributed by atoms with Crippen molar-refractivity contribution in [3.63, 3.8) is 0 Å². The van der Waals surface area contributed by atoms with Gasteiger partial charge in [0.1, 0.15) is 6.04 Å². The van der Waals surface area contributed by atoms with E-state index < -0.39 is 24.1 Å². The van der Waals surface area contributed by atoms with Gasteiger partial charge in [0, 0.05) is 18.3 Å². The molecule has 0 saturated heterocycles. The van der Waals surface area contributed by atoms with Gasteiger partial charge >= 0.3 is 12.0 Å². The molecule has 1 aromatic rings. The molecule has 21 heavy (non-hydrogen) atoms. The van der Waals surface area contributed by atoms with Crippen LogP contribution >= 0.6 is 0 Å². The molecule has 0 aromatic carbocycles. The summed E-state index contributed by atoms with van der Waals surface area (Å²) in [5.74, 6) is -1.12. The summed E-state index contributed by atoms with van der Waals surface area (Å²) in [7, 11) is 0. The fourth-order valence-electron chi connectivity index (χ4n) is 2.46. The van der Waals surface area contributed by atoms with E-state index in [1.165, 1.54) is 12.5 Å². The van der Waals surface area contributed by atoms with Crippen LogP contribution in [0.15, 0.2) is 12.5 Å². The number of imidazole rings is 1. The number of carbonyl (C=O) groups is 2. The first-order chi connectivity index (χ1) is 10.1. The molecule has 2 amide bonds. The first kappa shape index (κ1) is 15.3. The van der Waals surface area contributed by atoms with Gasteiger partial charge < -0.3 is 25.8 Å². The van der Waals surface area contributed by atoms with E-state index in [1.807, 2.05) is 0 Å². The quantitative estimate of drug-likeness (QED) is 0.523. The fraction of sp³-hybridized carbons (Fsp3) is 0.615. The van der Waals surface area contributed by atoms with Crippen LogP contribution in [0.4, 0.5) is 4.79 Å². The molecule has 1 saturated carbocycles. The summed E-state index contributed by atoms with van der Waals surface area (Å²) in [5.41, 5.74) is 0.625. The predicted octanol–water partition coefficient (Wildman–Crippen LogP) is 0.00810. The molecule has 0 radical (unpaired) electrons. The SMILES string of the molecule is O=C(NC1CCCCC1O)N[C@@H](Cc1cnc[nH]1)C(=O)O. The first-order valence-electron chi connectivity index (χ1n) is 7.01. The molecule has 116 valence electrons. The molecule has 1 heterocycles. The number of carbonyl (C=O) groups excluding carboxylic acids is 1. The largest absolute Gasteiger partial charge is 0.480 e. The number of carboxylic acid groups (broad SMARTS) is 1. The number of hydrogen-bond acceptors (Lipinski definition) is 4. The highest BCUT2D eigenvalue weighted by Crippen LogP contribution is 2.18. The smallest absolute Gasteiger partial charge is 0.326 e. The summed E-state index contributed by atoms with van der Waals surface area (Å²) in [4.78, 5) is 29.7. The number of aliphatic hydroxyl groups excluding tert-OH is 1. The van der Waals surface area contributed by atoms with Gasteiger partial charge in [-0.15, -0.1) is 0 Å². The molecule has 1 aromatic heterocycles. The van der Waals surface area contributed by atoms with Crippen LogP contribution in [0, 0.1) is 0 Å². The van der Waals surface area contributed by atoms with E-state index in [4.69, 9.17) is 5.11 Å². The standard InChI is InChI=1S/C13H20N4O4/c18-11-4-2-1-3-9(11)16-13(21)17-10(12(19)20)5-8-6-14-7-15-8/h6-7,9-11,18H,1-5H2,(H,14,15)(H,19,20)(H2,16,17,21)/t9?,10-,11?/m0/s1. The van der Waals surface area contributed by atoms with Gasteiger partial charge in [0.25, 0.3) is 0 Å². The zero-order chi connectivity index (χ0) is 15.2. The number of nitrogens with one attached hydrogen (secondary N) is 3. The molecule has 1 fully saturated rings. The van der Waals surface area contributed by atoms with Crippen LogP contribution in [0.5, 0.6) is 0 Å². The van der Waals surface area contributed by atoms with Crippen LogP contribution in [0.25, 0.3) is 0 Å². The summed E-state index contributed by atoms with van der Waals surface area (Å²) in [5, 5.41) is 24.0. The molecule has 2 rings (SSSR count). The van der Waals surface area contributed by atoms with Crippen molar-refractivity contribution in [3.8, 4) is 0 Å². The third-order valence-electron chi connectivity index (χ3n) is 3.63. The lowest BCUT2D eigenvalue weighted by Gasteiger charge is -2.28. The number of H-pyrrole nitrogens is 1. The molecule has 0 spiro atoms. The maximum Gasteiger partial charge on any atom is 0.326 e. The van der Waals surface area contributed by atoms with Crippen molar-refractivity contribution in [2.75, 3.05) is 0 Å². The van der Waals surface area contributed by atoms with Gasteiger partial charge in [0.2, 0.25) is 0 Å². The van der Waals surface area contributed by atoms with Gasteiger partial charge in [0.05, 0.1) is 18.5 Å². The van der Waals surface area contributed by atoms with Crippen LogP contribution in [0.2, 0.25) is 0 Å². The molecule has 8 nitrogen and oxygen atoms in total. The Kier molecular flexibility index (Phi) is 5.15. The molecule has 8 heteroatoms. The minimum Gasteiger partial charge on any atom is -0.480 e. The third kappa shape index (κ3) is 4.45. The maximum atomic E-state index is 11.9. The predicted molar refractivity (Wildman–Crippen MR) is 73.6 cm³/mol. The molecule has 0 aliphatic heterocycles. The highest BCUT2D eigenvalue weighted by Gasteiger charge is 2.27. The average molecular weight is 296 g/mol. The van der Waals surface area contributed by atoms with E-state index in [9.17, 15) is 14.7 Å². The summed E-state index contributed by atoms with van der Waals surface area (Å²) in [6, 6.07) is -1.95. The van der Waals surface area contributed by atoms with E-state index in [0.29, 0.717) is 18.5 Å². The molecule has 0 bridgehead atoms. The van der Waals surface area contributed by atoms with Crippen LogP contribution in [-0.2, 0) is 11.2 Å². The van der Waals surface area contributed by atoms with Crippen molar-refractivity contribution in [2.45, 2.75) is 50.3 Å². The minimum atomic E-state index is -1.12. The molecule has 2 unspecified atom stereocenters. The minimum absolute atomic E-state index is 0.121. The number of carboxylic acids is 1. The van der Waals surface area contributed by atoms with Gasteiger partial charge in [-0.25, -0.2) is 14.6 Å². The second-order valence-electron chi connectivity index (χ2n) is 5.25. The monoisotopic (exact) mass is 296 g/mol. The summed E-state index contributed by atoms with van der Waals surface area (Å²) in [6.45, 7) is 0. The van der Waals surface area contributed by atoms with Gasteiger partial charge in [0.15, 0.2) is 0 Å². The van der Waals surface area contributed by atoms with Gasteiger partial charge in [-0.1, -0.05) is 12.8 Å². The van der Waals surface area contributed by atoms with Crippen LogP contribution in [0.3, 0.4) is 0 Å². The Hall–Kier alpha value is -2.09. The Morgan fingerprint density at radius 2 is 2.19 bits per heavy atom. The topological polar surface area (TPSA) is 127 Å². The Morgan fingerprint density at radius 3 is 2.81 bits per heavy atom. The zero-order valence-electron chi connectivity index (χ0n) is 11.6. The number of aliphatic hydroxyl groups is 1. The van der Waals surface area contributed by atoms with Crippen LogP contribution in [0.1, 0.15) is 31.4 Å². The number of amides is 2. The number of aliphatic carboxylic acids is 1. The maximum absolute atomic E-state index is 11.9. The van der Waals surface area contributed by atoms with Gasteiger partial charge in [-0.3, -0.25) is 0 Å². The Labute approximate surface area is 122 Å². The Morgan fingerprint density at radius 1 is 1.43 bits per heavy atom. The molecule has 1 aliphatic carbocycles. The number of aromatic nitrogens is 2. The first-order valence-corrected chi connectivity index (χ1v) is 7.01. The second-order valence-corrected chi connectivity index (χ2v) is 5.25. The summed E-state index contributed by atoms with van der Waals surface area (Å²) in [6.07, 6.45) is 5.76. The van der Waals surface area contributed by atoms with Crippen molar-refractivity contribution in [3.05, 3.63) is 18.2 Å². The van der Waals surface area contributed by atoms with Crippen molar-refractivity contribution in [2.24, 2.45) is 0 Å². The van der Waals surface area contributed by atoms with E-state index in [0.717, 1.165) is 12.8 Å². The number of aromatic amines is 1. The number of hydrogen-bond donors (Lipinski definition) is 5. The Bertz CT molecular complexity index is 477. The lowest BCUT2D eigenvalue weighted by molar-refractivity contribution is -0.139. The highest BCUT2D eigenvalue weighted by molar-refractivity contribution is 5.82. The van der Waals surface area contributed by atoms with E-state index in [2.05, 4.69) is 20.6 Å². The van der Waals surface area contributed by atoms with Crippen molar-refractivity contribution in [1.29, 1.82) is 0 Å². The summed E-state index contributed by atoms with van der Waals surface area (Å²) >= 11 is 0. The van der Waals surface area contributed by atoms with Crippen LogP contribution in [-0.4, -0.2) is 50.4 Å². The lowest BCUT2D eigenvalue weighted by Crippen LogP contribution is -2.53. The summed E-state index contributed by atoms with van der Waals surface area (Å²) < 4.78 is 0. The van der Waals surface area contributed by atoms with Gasteiger partial charge in [-0.2, -0.15) is 0 Å². The lowest BCUT2D eigenvalue weighted by atomic mass is 9.93. The molecular formula is C13H20N4O4.